The molecule has 0 aromatic carbocycles. The third-order valence-electron chi connectivity index (χ3n) is 1.97. The van der Waals surface area contributed by atoms with Crippen LogP contribution in [0.1, 0.15) is 24.1 Å². The zero-order valence-corrected chi connectivity index (χ0v) is 7.86. The molecule has 0 radical (unpaired) electrons. The normalized spacial score (nSPS) is 15.4. The number of aryl methyl sites for hydroxylation is 1. The molecule has 0 aliphatic rings. The van der Waals surface area contributed by atoms with Crippen molar-refractivity contribution in [2.24, 2.45) is 5.73 Å². The van der Waals surface area contributed by atoms with Gasteiger partial charge in [-0.25, -0.2) is 4.98 Å². The first kappa shape index (κ1) is 9.95. The van der Waals surface area contributed by atoms with E-state index in [1.54, 1.807) is 13.1 Å². The van der Waals surface area contributed by atoms with Gasteiger partial charge in [0, 0.05) is 11.8 Å². The Morgan fingerprint density at radius 3 is 2.69 bits per heavy atom. The first-order chi connectivity index (χ1) is 6.02. The number of nitrogen functional groups attached to an aromatic ring is 1. The number of anilines is 1. The minimum absolute atomic E-state index is 0.388. The van der Waals surface area contributed by atoms with E-state index in [0.717, 1.165) is 5.56 Å². The standard InChI is InChI=1S/C9H15N3O/c1-5-3-7(8(10)6(2)13)9(11)12-4-5/h3-4,6,8,13H,10H2,1-2H3,(H2,11,12). The van der Waals surface area contributed by atoms with E-state index in [-0.39, 0.29) is 0 Å². The molecule has 0 saturated carbocycles. The summed E-state index contributed by atoms with van der Waals surface area (Å²) in [5.74, 6) is 0.388. The predicted octanol–water partition coefficient (Wildman–Crippen LogP) is 0.353. The molecule has 1 heterocycles. The second kappa shape index (κ2) is 3.72. The second-order valence-electron chi connectivity index (χ2n) is 3.25. The summed E-state index contributed by atoms with van der Waals surface area (Å²) in [7, 11) is 0. The number of pyridine rings is 1. The van der Waals surface area contributed by atoms with Crippen molar-refractivity contribution in [3.05, 3.63) is 23.4 Å². The summed E-state index contributed by atoms with van der Waals surface area (Å²) in [6, 6.07) is 1.38. The van der Waals surface area contributed by atoms with E-state index < -0.39 is 12.1 Å². The van der Waals surface area contributed by atoms with Crippen LogP contribution in [0, 0.1) is 6.92 Å². The quantitative estimate of drug-likeness (QED) is 0.614. The Hall–Kier alpha value is -1.13. The Bertz CT molecular complexity index is 299. The largest absolute Gasteiger partial charge is 0.391 e. The van der Waals surface area contributed by atoms with E-state index in [1.807, 2.05) is 13.0 Å². The lowest BCUT2D eigenvalue weighted by molar-refractivity contribution is 0.164. The summed E-state index contributed by atoms with van der Waals surface area (Å²) >= 11 is 0. The van der Waals surface area contributed by atoms with Gasteiger partial charge in [0.25, 0.3) is 0 Å². The lowest BCUT2D eigenvalue weighted by Gasteiger charge is -2.16. The zero-order valence-electron chi connectivity index (χ0n) is 7.86. The third kappa shape index (κ3) is 2.17. The fourth-order valence-electron chi connectivity index (χ4n) is 1.13. The summed E-state index contributed by atoms with van der Waals surface area (Å²) in [6.45, 7) is 3.54. The summed E-state index contributed by atoms with van der Waals surface area (Å²) < 4.78 is 0. The van der Waals surface area contributed by atoms with Gasteiger partial charge in [-0.3, -0.25) is 0 Å². The first-order valence-electron chi connectivity index (χ1n) is 4.18. The molecule has 0 aliphatic carbocycles. The van der Waals surface area contributed by atoms with Gasteiger partial charge in [-0.05, 0) is 25.5 Å². The number of aliphatic hydroxyl groups excluding tert-OH is 1. The first-order valence-corrected chi connectivity index (χ1v) is 4.18. The Kier molecular flexibility index (Phi) is 2.85. The van der Waals surface area contributed by atoms with E-state index in [0.29, 0.717) is 11.4 Å². The number of rotatable bonds is 2. The Balaban J connectivity index is 3.05. The summed E-state index contributed by atoms with van der Waals surface area (Å²) in [4.78, 5) is 3.97. The van der Waals surface area contributed by atoms with E-state index in [1.165, 1.54) is 0 Å². The Labute approximate surface area is 77.6 Å². The van der Waals surface area contributed by atoms with Crippen LogP contribution in [0.15, 0.2) is 12.3 Å². The van der Waals surface area contributed by atoms with Gasteiger partial charge in [-0.2, -0.15) is 0 Å². The molecule has 1 aromatic heterocycles. The van der Waals surface area contributed by atoms with Gasteiger partial charge in [0.05, 0.1) is 12.1 Å². The maximum atomic E-state index is 9.28. The van der Waals surface area contributed by atoms with Crippen LogP contribution in [-0.4, -0.2) is 16.2 Å². The summed E-state index contributed by atoms with van der Waals surface area (Å²) in [5, 5.41) is 9.28. The van der Waals surface area contributed by atoms with Crippen molar-refractivity contribution >= 4 is 5.82 Å². The van der Waals surface area contributed by atoms with Crippen LogP contribution in [0.5, 0.6) is 0 Å². The number of hydrogen-bond acceptors (Lipinski definition) is 4. The van der Waals surface area contributed by atoms with Crippen molar-refractivity contribution in [1.82, 2.24) is 4.98 Å². The van der Waals surface area contributed by atoms with Gasteiger partial charge in [-0.1, -0.05) is 0 Å². The molecule has 5 N–H and O–H groups in total. The van der Waals surface area contributed by atoms with Crippen LogP contribution < -0.4 is 11.5 Å². The van der Waals surface area contributed by atoms with Gasteiger partial charge in [0.1, 0.15) is 5.82 Å². The highest BCUT2D eigenvalue weighted by Gasteiger charge is 2.15. The number of hydrogen-bond donors (Lipinski definition) is 3. The molecule has 4 nitrogen and oxygen atoms in total. The topological polar surface area (TPSA) is 85.2 Å². The molecule has 13 heavy (non-hydrogen) atoms. The molecule has 4 heteroatoms. The fourth-order valence-corrected chi connectivity index (χ4v) is 1.13. The zero-order chi connectivity index (χ0) is 10.0. The minimum Gasteiger partial charge on any atom is -0.391 e. The molecule has 0 amide bonds. The van der Waals surface area contributed by atoms with Crippen LogP contribution >= 0.6 is 0 Å². The highest BCUT2D eigenvalue weighted by atomic mass is 16.3. The van der Waals surface area contributed by atoms with Gasteiger partial charge < -0.3 is 16.6 Å². The lowest BCUT2D eigenvalue weighted by atomic mass is 10.0. The number of aliphatic hydroxyl groups is 1. The van der Waals surface area contributed by atoms with E-state index in [9.17, 15) is 5.11 Å². The molecular weight excluding hydrogens is 166 g/mol. The van der Waals surface area contributed by atoms with Crippen LogP contribution in [0.2, 0.25) is 0 Å². The van der Waals surface area contributed by atoms with Crippen molar-refractivity contribution in [2.45, 2.75) is 26.0 Å². The molecule has 0 saturated heterocycles. The second-order valence-corrected chi connectivity index (χ2v) is 3.25. The van der Waals surface area contributed by atoms with Gasteiger partial charge >= 0.3 is 0 Å². The van der Waals surface area contributed by atoms with Crippen LogP contribution in [0.3, 0.4) is 0 Å². The third-order valence-corrected chi connectivity index (χ3v) is 1.97. The molecule has 0 aliphatic heterocycles. The van der Waals surface area contributed by atoms with Gasteiger partial charge in [-0.15, -0.1) is 0 Å². The van der Waals surface area contributed by atoms with Crippen molar-refractivity contribution in [2.75, 3.05) is 5.73 Å². The SMILES string of the molecule is Cc1cnc(N)c(C(N)C(C)O)c1. The number of nitrogens with zero attached hydrogens (tertiary/aromatic N) is 1. The van der Waals surface area contributed by atoms with E-state index in [2.05, 4.69) is 4.98 Å². The summed E-state index contributed by atoms with van der Waals surface area (Å²) in [6.07, 6.45) is 1.05. The van der Waals surface area contributed by atoms with Gasteiger partial charge in [0.2, 0.25) is 0 Å². The molecular formula is C9H15N3O. The number of aromatic nitrogens is 1. The molecule has 2 unspecified atom stereocenters. The lowest BCUT2D eigenvalue weighted by Crippen LogP contribution is -2.24. The smallest absolute Gasteiger partial charge is 0.128 e. The predicted molar refractivity (Wildman–Crippen MR) is 52.0 cm³/mol. The maximum absolute atomic E-state index is 9.28. The maximum Gasteiger partial charge on any atom is 0.128 e. The van der Waals surface area contributed by atoms with E-state index in [4.69, 9.17) is 11.5 Å². The molecule has 0 bridgehead atoms. The average Bonchev–Trinajstić information content (AvgIpc) is 2.08. The monoisotopic (exact) mass is 181 g/mol. The minimum atomic E-state index is -0.620. The average molecular weight is 181 g/mol. The Morgan fingerprint density at radius 1 is 1.54 bits per heavy atom. The van der Waals surface area contributed by atoms with Crippen molar-refractivity contribution < 1.29 is 5.11 Å². The van der Waals surface area contributed by atoms with Crippen molar-refractivity contribution in [3.8, 4) is 0 Å². The highest BCUT2D eigenvalue weighted by molar-refractivity contribution is 5.43. The van der Waals surface area contributed by atoms with Gasteiger partial charge in [0.15, 0.2) is 0 Å². The summed E-state index contributed by atoms with van der Waals surface area (Å²) in [5.41, 5.74) is 13.1. The van der Waals surface area contributed by atoms with Crippen LogP contribution in [-0.2, 0) is 0 Å². The number of nitrogens with two attached hydrogens (primary N) is 2. The van der Waals surface area contributed by atoms with Crippen LogP contribution in [0.4, 0.5) is 5.82 Å². The molecule has 0 fully saturated rings. The Morgan fingerprint density at radius 2 is 2.15 bits per heavy atom. The van der Waals surface area contributed by atoms with Crippen molar-refractivity contribution in [3.63, 3.8) is 0 Å². The molecule has 72 valence electrons. The van der Waals surface area contributed by atoms with Crippen molar-refractivity contribution in [1.29, 1.82) is 0 Å². The molecule has 1 aromatic rings. The highest BCUT2D eigenvalue weighted by Crippen LogP contribution is 2.19. The van der Waals surface area contributed by atoms with Crippen LogP contribution in [0.25, 0.3) is 0 Å². The molecule has 0 spiro atoms. The molecule has 1 rings (SSSR count). The molecule has 2 atom stereocenters. The van der Waals surface area contributed by atoms with E-state index >= 15 is 0 Å². The fraction of sp³-hybridized carbons (Fsp3) is 0.444.